The highest BCUT2D eigenvalue weighted by Crippen LogP contribution is 2.61. The summed E-state index contributed by atoms with van der Waals surface area (Å²) in [5.41, 5.74) is 7.97. The molecule has 0 bridgehead atoms. The second kappa shape index (κ2) is 3.57. The Morgan fingerprint density at radius 2 is 2.05 bits per heavy atom. The summed E-state index contributed by atoms with van der Waals surface area (Å²) < 4.78 is 0. The van der Waals surface area contributed by atoms with E-state index in [9.17, 15) is 4.79 Å². The van der Waals surface area contributed by atoms with Gasteiger partial charge in [-0.05, 0) is 56.1 Å². The molecule has 0 unspecified atom stereocenters. The van der Waals surface area contributed by atoms with E-state index in [1.807, 2.05) is 12.1 Å². The first-order valence-electron chi connectivity index (χ1n) is 7.16. The molecule has 0 saturated heterocycles. The van der Waals surface area contributed by atoms with Crippen LogP contribution in [0.3, 0.4) is 0 Å². The summed E-state index contributed by atoms with van der Waals surface area (Å²) in [6.07, 6.45) is 8.54. The van der Waals surface area contributed by atoms with Crippen molar-refractivity contribution in [3.8, 4) is 0 Å². The molecule has 4 nitrogen and oxygen atoms in total. The van der Waals surface area contributed by atoms with Crippen molar-refractivity contribution in [3.63, 3.8) is 0 Å². The molecule has 2 spiro atoms. The molecule has 3 N–H and O–H groups in total. The van der Waals surface area contributed by atoms with Gasteiger partial charge in [-0.1, -0.05) is 0 Å². The number of hydrogen-bond donors (Lipinski definition) is 2. The van der Waals surface area contributed by atoms with Gasteiger partial charge in [-0.25, -0.2) is 0 Å². The van der Waals surface area contributed by atoms with Gasteiger partial charge in [0, 0.05) is 12.2 Å². The highest BCUT2D eigenvalue weighted by Gasteiger charge is 2.60. The average Bonchev–Trinajstić information content (AvgIpc) is 2.67. The van der Waals surface area contributed by atoms with Crippen LogP contribution in [0.1, 0.15) is 54.6 Å². The Morgan fingerprint density at radius 1 is 1.32 bits per heavy atom. The summed E-state index contributed by atoms with van der Waals surface area (Å²) in [7, 11) is 0. The highest BCUT2D eigenvalue weighted by molar-refractivity contribution is 5.99. The number of amides is 1. The summed E-state index contributed by atoms with van der Waals surface area (Å²) in [6.45, 7) is 0. The molecule has 0 aromatic carbocycles. The fourth-order valence-electron chi connectivity index (χ4n) is 4.40. The second-order valence-electron chi connectivity index (χ2n) is 6.63. The molecule has 4 heteroatoms. The zero-order chi connectivity index (χ0) is 13.1. The van der Waals surface area contributed by atoms with Crippen LogP contribution in [0, 0.1) is 5.41 Å². The van der Waals surface area contributed by atoms with Crippen molar-refractivity contribution in [2.45, 2.75) is 50.1 Å². The first kappa shape index (κ1) is 11.4. The van der Waals surface area contributed by atoms with Crippen molar-refractivity contribution < 1.29 is 4.79 Å². The van der Waals surface area contributed by atoms with Crippen molar-refractivity contribution in [3.05, 3.63) is 29.6 Å². The standard InChI is InChI=1S/C15H19N3O/c16-10-3-5-14(6-4-10)8-15(9-14)12-11(13(19)18-15)2-1-7-17-12/h1-2,7,10H,3-6,8-9,16H2,(H,18,19). The van der Waals surface area contributed by atoms with Crippen LogP contribution >= 0.6 is 0 Å². The first-order valence-corrected chi connectivity index (χ1v) is 7.16. The number of nitrogens with zero attached hydrogens (tertiary/aromatic N) is 1. The maximum Gasteiger partial charge on any atom is 0.253 e. The van der Waals surface area contributed by atoms with Gasteiger partial charge in [-0.2, -0.15) is 0 Å². The molecule has 0 atom stereocenters. The van der Waals surface area contributed by atoms with E-state index in [1.54, 1.807) is 6.20 Å². The van der Waals surface area contributed by atoms with Crippen molar-refractivity contribution in [1.29, 1.82) is 0 Å². The molecule has 2 saturated carbocycles. The first-order chi connectivity index (χ1) is 9.13. The summed E-state index contributed by atoms with van der Waals surface area (Å²) >= 11 is 0. The van der Waals surface area contributed by atoms with Gasteiger partial charge in [0.05, 0.1) is 16.8 Å². The second-order valence-corrected chi connectivity index (χ2v) is 6.63. The van der Waals surface area contributed by atoms with Gasteiger partial charge < -0.3 is 11.1 Å². The molecule has 1 aromatic heterocycles. The minimum atomic E-state index is -0.172. The lowest BCUT2D eigenvalue weighted by Gasteiger charge is -2.57. The maximum absolute atomic E-state index is 12.0. The van der Waals surface area contributed by atoms with Crippen molar-refractivity contribution >= 4 is 5.91 Å². The van der Waals surface area contributed by atoms with Crippen LogP contribution in [-0.4, -0.2) is 16.9 Å². The van der Waals surface area contributed by atoms with Crippen LogP contribution in [-0.2, 0) is 5.54 Å². The lowest BCUT2D eigenvalue weighted by atomic mass is 9.51. The van der Waals surface area contributed by atoms with Gasteiger partial charge in [-0.3, -0.25) is 9.78 Å². The van der Waals surface area contributed by atoms with Crippen LogP contribution in [0.15, 0.2) is 18.3 Å². The Labute approximate surface area is 112 Å². The number of nitrogens with one attached hydrogen (secondary N) is 1. The van der Waals surface area contributed by atoms with E-state index < -0.39 is 0 Å². The average molecular weight is 257 g/mol. The number of aromatic nitrogens is 1. The van der Waals surface area contributed by atoms with E-state index >= 15 is 0 Å². The number of nitrogens with two attached hydrogens (primary N) is 1. The number of hydrogen-bond acceptors (Lipinski definition) is 3. The van der Waals surface area contributed by atoms with Gasteiger partial charge in [0.15, 0.2) is 0 Å². The maximum atomic E-state index is 12.0. The minimum absolute atomic E-state index is 0.0467. The summed E-state index contributed by atoms with van der Waals surface area (Å²) in [4.78, 5) is 16.5. The van der Waals surface area contributed by atoms with E-state index in [-0.39, 0.29) is 11.4 Å². The molecular weight excluding hydrogens is 238 g/mol. The van der Waals surface area contributed by atoms with Gasteiger partial charge in [0.25, 0.3) is 5.91 Å². The third-order valence-corrected chi connectivity index (χ3v) is 5.30. The van der Waals surface area contributed by atoms with Crippen molar-refractivity contribution in [2.24, 2.45) is 11.1 Å². The molecule has 1 aliphatic heterocycles. The van der Waals surface area contributed by atoms with Crippen LogP contribution in [0.2, 0.25) is 0 Å². The van der Waals surface area contributed by atoms with Gasteiger partial charge in [-0.15, -0.1) is 0 Å². The Hall–Kier alpha value is -1.42. The third kappa shape index (κ3) is 1.49. The minimum Gasteiger partial charge on any atom is -0.341 e. The highest BCUT2D eigenvalue weighted by atomic mass is 16.2. The fraction of sp³-hybridized carbons (Fsp3) is 0.600. The molecule has 4 rings (SSSR count). The van der Waals surface area contributed by atoms with E-state index in [0.29, 0.717) is 11.5 Å². The summed E-state index contributed by atoms with van der Waals surface area (Å²) in [5, 5.41) is 3.18. The molecule has 100 valence electrons. The van der Waals surface area contributed by atoms with Gasteiger partial charge in [0.1, 0.15) is 0 Å². The molecule has 2 heterocycles. The largest absolute Gasteiger partial charge is 0.341 e. The summed E-state index contributed by atoms with van der Waals surface area (Å²) in [6, 6.07) is 4.10. The van der Waals surface area contributed by atoms with E-state index in [4.69, 9.17) is 5.73 Å². The van der Waals surface area contributed by atoms with Crippen LogP contribution in [0.25, 0.3) is 0 Å². The third-order valence-electron chi connectivity index (χ3n) is 5.30. The van der Waals surface area contributed by atoms with Crippen LogP contribution in [0.4, 0.5) is 0 Å². The predicted molar refractivity (Wildman–Crippen MR) is 71.5 cm³/mol. The van der Waals surface area contributed by atoms with E-state index in [1.165, 1.54) is 12.8 Å². The van der Waals surface area contributed by atoms with Crippen LogP contribution in [0.5, 0.6) is 0 Å². The molecule has 2 aliphatic carbocycles. The number of fused-ring (bicyclic) bond motifs is 2. The number of carbonyl (C=O) groups excluding carboxylic acids is 1. The molecule has 2 fully saturated rings. The molecular formula is C15H19N3O. The van der Waals surface area contributed by atoms with Crippen LogP contribution < -0.4 is 11.1 Å². The zero-order valence-electron chi connectivity index (χ0n) is 11.0. The fourth-order valence-corrected chi connectivity index (χ4v) is 4.40. The number of carbonyl (C=O) groups is 1. The Kier molecular flexibility index (Phi) is 2.14. The Balaban J connectivity index is 1.61. The molecule has 1 aromatic rings. The van der Waals surface area contributed by atoms with Crippen molar-refractivity contribution in [1.82, 2.24) is 10.3 Å². The lowest BCUT2D eigenvalue weighted by molar-refractivity contribution is -0.0291. The topological polar surface area (TPSA) is 68.0 Å². The van der Waals surface area contributed by atoms with E-state index in [0.717, 1.165) is 36.9 Å². The quantitative estimate of drug-likeness (QED) is 0.743. The van der Waals surface area contributed by atoms with E-state index in [2.05, 4.69) is 10.3 Å². The molecule has 19 heavy (non-hydrogen) atoms. The normalized spacial score (nSPS) is 40.1. The lowest BCUT2D eigenvalue weighted by Crippen LogP contribution is -2.58. The van der Waals surface area contributed by atoms with Crippen molar-refractivity contribution in [2.75, 3.05) is 0 Å². The Bertz CT molecular complexity index is 538. The van der Waals surface area contributed by atoms with Gasteiger partial charge >= 0.3 is 0 Å². The number of pyridine rings is 1. The molecule has 3 aliphatic rings. The van der Waals surface area contributed by atoms with Gasteiger partial charge in [0.2, 0.25) is 0 Å². The zero-order valence-corrected chi connectivity index (χ0v) is 11.0. The molecule has 1 amide bonds. The Morgan fingerprint density at radius 3 is 2.79 bits per heavy atom. The monoisotopic (exact) mass is 257 g/mol. The smallest absolute Gasteiger partial charge is 0.253 e. The number of rotatable bonds is 0. The predicted octanol–water partition coefficient (Wildman–Crippen LogP) is 1.70. The molecule has 0 radical (unpaired) electrons. The SMILES string of the molecule is NC1CCC2(CC1)CC1(C2)NC(=O)c2cccnc21. The summed E-state index contributed by atoms with van der Waals surface area (Å²) in [5.74, 6) is 0.0467.